The van der Waals surface area contributed by atoms with E-state index in [1.54, 1.807) is 36.4 Å². The van der Waals surface area contributed by atoms with Crippen LogP contribution in [0, 0.1) is 0 Å². The third-order valence-corrected chi connectivity index (χ3v) is 4.51. The Bertz CT molecular complexity index is 1110. The fraction of sp³-hybridized carbons (Fsp3) is 0.143. The van der Waals surface area contributed by atoms with Gasteiger partial charge in [-0.1, -0.05) is 23.7 Å². The smallest absolute Gasteiger partial charge is 0.218 e. The molecule has 0 unspecified atom stereocenters. The monoisotopic (exact) mass is 406 g/mol. The Morgan fingerprint density at radius 2 is 1.90 bits per heavy atom. The average Bonchev–Trinajstić information content (AvgIpc) is 3.10. The number of nitrogens with two attached hydrogens (primary N) is 1. The van der Waals surface area contributed by atoms with Gasteiger partial charge in [-0.2, -0.15) is 5.10 Å². The zero-order valence-electron chi connectivity index (χ0n) is 15.8. The maximum Gasteiger partial charge on any atom is 0.218 e. The number of nitrogens with zero attached hydrogens (tertiary/aromatic N) is 5. The van der Waals surface area contributed by atoms with Crippen molar-refractivity contribution in [3.8, 4) is 34.4 Å². The van der Waals surface area contributed by atoms with Crippen LogP contribution in [0.5, 0.6) is 11.6 Å². The summed E-state index contributed by atoms with van der Waals surface area (Å²) in [4.78, 5) is 13.3. The maximum absolute atomic E-state index is 6.17. The lowest BCUT2D eigenvalue weighted by molar-refractivity contribution is 0.430. The lowest BCUT2D eigenvalue weighted by Gasteiger charge is -2.10. The second-order valence-electron chi connectivity index (χ2n) is 6.40. The van der Waals surface area contributed by atoms with Gasteiger partial charge < -0.3 is 10.5 Å². The fourth-order valence-corrected chi connectivity index (χ4v) is 3.02. The predicted molar refractivity (Wildman–Crippen MR) is 112 cm³/mol. The van der Waals surface area contributed by atoms with Crippen LogP contribution < -0.4 is 10.5 Å². The van der Waals surface area contributed by atoms with E-state index >= 15 is 0 Å². The van der Waals surface area contributed by atoms with Crippen molar-refractivity contribution in [3.05, 3.63) is 71.6 Å². The van der Waals surface area contributed by atoms with Crippen LogP contribution in [-0.4, -0.2) is 31.3 Å². The molecule has 0 aromatic carbocycles. The molecule has 7 nitrogen and oxygen atoms in total. The van der Waals surface area contributed by atoms with Crippen LogP contribution >= 0.6 is 11.6 Å². The molecule has 146 valence electrons. The largest absolute Gasteiger partial charge is 0.437 e. The molecule has 0 aliphatic carbocycles. The molecular formula is C21H19ClN6O. The Balaban J connectivity index is 1.67. The van der Waals surface area contributed by atoms with Crippen molar-refractivity contribution in [1.29, 1.82) is 0 Å². The summed E-state index contributed by atoms with van der Waals surface area (Å²) in [5.74, 6) is 1.03. The molecule has 4 aromatic rings. The van der Waals surface area contributed by atoms with Gasteiger partial charge in [0.2, 0.25) is 5.88 Å². The van der Waals surface area contributed by atoms with Gasteiger partial charge in [0.1, 0.15) is 11.4 Å². The number of ether oxygens (including phenoxy) is 1. The Morgan fingerprint density at radius 1 is 1.00 bits per heavy atom. The molecule has 0 atom stereocenters. The van der Waals surface area contributed by atoms with Gasteiger partial charge in [0.05, 0.1) is 16.4 Å². The summed E-state index contributed by atoms with van der Waals surface area (Å²) < 4.78 is 7.77. The number of hydrogen-bond donors (Lipinski definition) is 1. The first-order valence-corrected chi connectivity index (χ1v) is 9.46. The number of halogens is 1. The molecule has 0 bridgehead atoms. The molecule has 0 radical (unpaired) electrons. The minimum Gasteiger partial charge on any atom is -0.437 e. The third-order valence-electron chi connectivity index (χ3n) is 4.30. The van der Waals surface area contributed by atoms with E-state index in [2.05, 4.69) is 20.1 Å². The standard InChI is InChI=1S/C21H19ClN6O/c1-28-20(11-18(27-28)16-4-2-3-9-24-16)29-19-10-15(22)13-26-21(19)17-6-5-14(7-8-23)12-25-17/h2-6,9-13H,7-8,23H2,1H3. The van der Waals surface area contributed by atoms with Crippen LogP contribution in [0.15, 0.2) is 61.1 Å². The Labute approximate surface area is 173 Å². The number of rotatable bonds is 6. The molecule has 0 fully saturated rings. The highest BCUT2D eigenvalue weighted by atomic mass is 35.5. The third kappa shape index (κ3) is 4.26. The molecular weight excluding hydrogens is 388 g/mol. The molecule has 0 saturated heterocycles. The van der Waals surface area contributed by atoms with Gasteiger partial charge in [-0.25, -0.2) is 9.67 Å². The molecule has 29 heavy (non-hydrogen) atoms. The van der Waals surface area contributed by atoms with Crippen LogP contribution in [0.3, 0.4) is 0 Å². The summed E-state index contributed by atoms with van der Waals surface area (Å²) in [6, 6.07) is 13.1. The summed E-state index contributed by atoms with van der Waals surface area (Å²) in [5, 5.41) is 4.95. The van der Waals surface area contributed by atoms with Crippen molar-refractivity contribution in [1.82, 2.24) is 24.7 Å². The highest BCUT2D eigenvalue weighted by Gasteiger charge is 2.15. The van der Waals surface area contributed by atoms with E-state index in [0.29, 0.717) is 40.3 Å². The van der Waals surface area contributed by atoms with Crippen LogP contribution in [0.1, 0.15) is 5.56 Å². The minimum atomic E-state index is 0.468. The van der Waals surface area contributed by atoms with Gasteiger partial charge in [-0.3, -0.25) is 9.97 Å². The van der Waals surface area contributed by atoms with Crippen LogP contribution in [-0.2, 0) is 13.5 Å². The van der Waals surface area contributed by atoms with E-state index in [1.807, 2.05) is 36.4 Å². The molecule has 0 amide bonds. The molecule has 2 N–H and O–H groups in total. The molecule has 0 aliphatic rings. The molecule has 0 saturated carbocycles. The summed E-state index contributed by atoms with van der Waals surface area (Å²) in [6.45, 7) is 0.577. The second kappa shape index (κ2) is 8.38. The maximum atomic E-state index is 6.17. The van der Waals surface area contributed by atoms with Gasteiger partial charge in [-0.05, 0) is 36.7 Å². The van der Waals surface area contributed by atoms with Gasteiger partial charge in [0.15, 0.2) is 5.75 Å². The van der Waals surface area contributed by atoms with Gasteiger partial charge in [0.25, 0.3) is 0 Å². The lowest BCUT2D eigenvalue weighted by atomic mass is 10.1. The summed E-state index contributed by atoms with van der Waals surface area (Å²) in [5.41, 5.74) is 9.43. The van der Waals surface area contributed by atoms with E-state index in [0.717, 1.165) is 17.7 Å². The van der Waals surface area contributed by atoms with Crippen molar-refractivity contribution in [2.45, 2.75) is 6.42 Å². The second-order valence-corrected chi connectivity index (χ2v) is 6.84. The SMILES string of the molecule is Cn1nc(-c2ccccn2)cc1Oc1cc(Cl)cnc1-c1ccc(CCN)cn1. The molecule has 4 rings (SSSR count). The summed E-state index contributed by atoms with van der Waals surface area (Å²) >= 11 is 6.17. The molecule has 4 aromatic heterocycles. The van der Waals surface area contributed by atoms with Crippen LogP contribution in [0.2, 0.25) is 5.02 Å². The first-order chi connectivity index (χ1) is 14.1. The Morgan fingerprint density at radius 3 is 2.62 bits per heavy atom. The first kappa shape index (κ1) is 19.0. The van der Waals surface area contributed by atoms with Gasteiger partial charge in [0, 0.05) is 37.8 Å². The quantitative estimate of drug-likeness (QED) is 0.522. The topological polar surface area (TPSA) is 91.7 Å². The van der Waals surface area contributed by atoms with Gasteiger partial charge in [-0.15, -0.1) is 0 Å². The zero-order valence-corrected chi connectivity index (χ0v) is 16.5. The van der Waals surface area contributed by atoms with Crippen molar-refractivity contribution < 1.29 is 4.74 Å². The van der Waals surface area contributed by atoms with Crippen molar-refractivity contribution in [3.63, 3.8) is 0 Å². The highest BCUT2D eigenvalue weighted by Crippen LogP contribution is 2.33. The lowest BCUT2D eigenvalue weighted by Crippen LogP contribution is -2.03. The molecule has 0 aliphatic heterocycles. The van der Waals surface area contributed by atoms with Gasteiger partial charge >= 0.3 is 0 Å². The van der Waals surface area contributed by atoms with E-state index < -0.39 is 0 Å². The predicted octanol–water partition coefficient (Wildman–Crippen LogP) is 3.89. The van der Waals surface area contributed by atoms with E-state index in [9.17, 15) is 0 Å². The summed E-state index contributed by atoms with van der Waals surface area (Å²) in [7, 11) is 1.80. The number of pyridine rings is 3. The van der Waals surface area contributed by atoms with E-state index in [4.69, 9.17) is 22.1 Å². The van der Waals surface area contributed by atoms with Crippen LogP contribution in [0.4, 0.5) is 0 Å². The highest BCUT2D eigenvalue weighted by molar-refractivity contribution is 6.30. The van der Waals surface area contributed by atoms with E-state index in [1.165, 1.54) is 0 Å². The Kier molecular flexibility index (Phi) is 5.50. The number of aryl methyl sites for hydroxylation is 1. The normalized spacial score (nSPS) is 10.9. The Hall–Kier alpha value is -3.29. The molecule has 4 heterocycles. The number of hydrogen-bond acceptors (Lipinski definition) is 6. The van der Waals surface area contributed by atoms with Crippen molar-refractivity contribution >= 4 is 11.6 Å². The van der Waals surface area contributed by atoms with Crippen molar-refractivity contribution in [2.75, 3.05) is 6.54 Å². The molecule has 0 spiro atoms. The zero-order chi connectivity index (χ0) is 20.2. The number of aromatic nitrogens is 5. The summed E-state index contributed by atoms with van der Waals surface area (Å²) in [6.07, 6.45) is 5.87. The first-order valence-electron chi connectivity index (χ1n) is 9.08. The van der Waals surface area contributed by atoms with E-state index in [-0.39, 0.29) is 0 Å². The van der Waals surface area contributed by atoms with Crippen LogP contribution in [0.25, 0.3) is 22.8 Å². The minimum absolute atomic E-state index is 0.468. The molecule has 8 heteroatoms. The fourth-order valence-electron chi connectivity index (χ4n) is 2.87. The average molecular weight is 407 g/mol. The van der Waals surface area contributed by atoms with Crippen molar-refractivity contribution in [2.24, 2.45) is 12.8 Å².